The molecule has 1 amide bonds. The minimum absolute atomic E-state index is 0.0792. The summed E-state index contributed by atoms with van der Waals surface area (Å²) >= 11 is 12.1. The number of carbonyl (C=O) groups excluding carboxylic acids is 2. The van der Waals surface area contributed by atoms with Gasteiger partial charge in [0.1, 0.15) is 17.3 Å². The second kappa shape index (κ2) is 13.7. The molecule has 0 saturated heterocycles. The smallest absolute Gasteiger partial charge is 0.306 e. The normalized spacial score (nSPS) is 18.1. The number of aromatic nitrogens is 1. The quantitative estimate of drug-likeness (QED) is 0.169. The van der Waals surface area contributed by atoms with Gasteiger partial charge in [-0.25, -0.2) is 17.6 Å². The monoisotopic (exact) mass is 602 g/mol. The van der Waals surface area contributed by atoms with E-state index in [1.54, 1.807) is 0 Å². The van der Waals surface area contributed by atoms with Gasteiger partial charge in [0.05, 0.1) is 39.7 Å². The summed E-state index contributed by atoms with van der Waals surface area (Å²) in [7, 11) is 0. The van der Waals surface area contributed by atoms with Crippen LogP contribution in [0.5, 0.6) is 0 Å². The molecule has 0 unspecified atom stereocenters. The number of halogens is 6. The zero-order valence-corrected chi connectivity index (χ0v) is 22.3. The Kier molecular flexibility index (Phi) is 10.6. The van der Waals surface area contributed by atoms with Crippen LogP contribution < -0.4 is 5.73 Å². The summed E-state index contributed by atoms with van der Waals surface area (Å²) in [5, 5.41) is 8.90. The lowest BCUT2D eigenvalue weighted by Crippen LogP contribution is -2.39. The molecule has 1 aromatic carbocycles. The first-order valence-corrected chi connectivity index (χ1v) is 12.7. The highest BCUT2D eigenvalue weighted by Crippen LogP contribution is 2.28. The Morgan fingerprint density at radius 2 is 1.65 bits per heavy atom. The predicted octanol–water partition coefficient (Wildman–Crippen LogP) is 5.07. The molecule has 1 fully saturated rings. The Bertz CT molecular complexity index is 1310. The van der Waals surface area contributed by atoms with E-state index >= 15 is 0 Å². The summed E-state index contributed by atoms with van der Waals surface area (Å²) in [6.45, 7) is -1.35. The summed E-state index contributed by atoms with van der Waals surface area (Å²) in [6, 6.07) is 1.73. The highest BCUT2D eigenvalue weighted by Gasteiger charge is 2.32. The molecular formula is C26H24Cl2F4N4O4. The van der Waals surface area contributed by atoms with E-state index in [9.17, 15) is 37.1 Å². The van der Waals surface area contributed by atoms with Crippen LogP contribution in [-0.4, -0.2) is 57.4 Å². The van der Waals surface area contributed by atoms with Crippen molar-refractivity contribution in [1.29, 1.82) is 0 Å². The molecule has 14 heteroatoms. The number of carboxylic acid groups (broad SMARTS) is 1. The third-order valence-corrected chi connectivity index (χ3v) is 6.87. The van der Waals surface area contributed by atoms with E-state index in [-0.39, 0.29) is 46.9 Å². The number of aliphatic carboxylic acids is 1. The van der Waals surface area contributed by atoms with E-state index in [2.05, 4.69) is 9.98 Å². The van der Waals surface area contributed by atoms with Gasteiger partial charge in [0.2, 0.25) is 0 Å². The van der Waals surface area contributed by atoms with Crippen molar-refractivity contribution >= 4 is 46.6 Å². The highest BCUT2D eigenvalue weighted by molar-refractivity contribution is 6.39. The maximum Gasteiger partial charge on any atom is 0.306 e. The van der Waals surface area contributed by atoms with Crippen molar-refractivity contribution in [1.82, 2.24) is 9.88 Å². The molecule has 0 atom stereocenters. The van der Waals surface area contributed by atoms with Crippen LogP contribution in [0.15, 0.2) is 47.4 Å². The van der Waals surface area contributed by atoms with Gasteiger partial charge in [0.25, 0.3) is 12.3 Å². The zero-order valence-electron chi connectivity index (χ0n) is 20.8. The molecule has 1 aliphatic carbocycles. The molecule has 3 rings (SSSR count). The number of rotatable bonds is 10. The lowest BCUT2D eigenvalue weighted by Gasteiger charge is -2.26. The van der Waals surface area contributed by atoms with Crippen LogP contribution >= 0.6 is 23.2 Å². The molecule has 0 aliphatic heterocycles. The first-order valence-electron chi connectivity index (χ1n) is 12.0. The molecule has 2 aromatic rings. The molecule has 0 radical (unpaired) electrons. The second-order valence-electron chi connectivity index (χ2n) is 9.08. The van der Waals surface area contributed by atoms with Crippen molar-refractivity contribution in [3.63, 3.8) is 0 Å². The van der Waals surface area contributed by atoms with Crippen LogP contribution in [0.4, 0.5) is 17.6 Å². The summed E-state index contributed by atoms with van der Waals surface area (Å²) in [5.74, 6) is -5.50. The van der Waals surface area contributed by atoms with Gasteiger partial charge in [0, 0.05) is 31.2 Å². The molecule has 1 saturated carbocycles. The number of nitrogens with zero attached hydrogens (tertiary/aromatic N) is 3. The highest BCUT2D eigenvalue weighted by atomic mass is 35.5. The third-order valence-electron chi connectivity index (χ3n) is 6.30. The number of ketones is 1. The topological polar surface area (TPSA) is 126 Å². The average Bonchev–Trinajstić information content (AvgIpc) is 2.87. The van der Waals surface area contributed by atoms with Gasteiger partial charge in [-0.3, -0.25) is 24.4 Å². The van der Waals surface area contributed by atoms with E-state index in [1.807, 2.05) is 0 Å². The molecular weight excluding hydrogens is 579 g/mol. The molecule has 1 heterocycles. The number of Topliss-reactive ketones (excluding diaryl/α,β-unsaturated/α-hetero) is 1. The van der Waals surface area contributed by atoms with E-state index < -0.39 is 72.1 Å². The minimum atomic E-state index is -3.26. The summed E-state index contributed by atoms with van der Waals surface area (Å²) in [5.41, 5.74) is 3.64. The van der Waals surface area contributed by atoms with Crippen molar-refractivity contribution in [2.24, 2.45) is 16.6 Å². The molecule has 3 N–H and O–H groups in total. The number of aliphatic imine (C=N–C) groups is 1. The Hall–Kier alpha value is -3.51. The fraction of sp³-hybridized carbons (Fsp3) is 0.346. The summed E-state index contributed by atoms with van der Waals surface area (Å²) in [4.78, 5) is 46.5. The van der Waals surface area contributed by atoms with Gasteiger partial charge in [-0.05, 0) is 43.4 Å². The van der Waals surface area contributed by atoms with Gasteiger partial charge in [-0.1, -0.05) is 23.2 Å². The molecule has 1 aliphatic rings. The third kappa shape index (κ3) is 7.79. The lowest BCUT2D eigenvalue weighted by molar-refractivity contribution is -0.142. The number of hydrogen-bond acceptors (Lipinski definition) is 6. The Balaban J connectivity index is 1.96. The van der Waals surface area contributed by atoms with Crippen molar-refractivity contribution < 1.29 is 37.1 Å². The van der Waals surface area contributed by atoms with Crippen LogP contribution in [0, 0.1) is 17.6 Å². The van der Waals surface area contributed by atoms with Crippen LogP contribution in [-0.2, 0) is 16.1 Å². The number of amides is 1. The fourth-order valence-electron chi connectivity index (χ4n) is 4.38. The standard InChI is InChI=1S/C26H24Cl2F4N4O4/c27-19-9-34-10-20(28)22(19)21(37)12-36(11-13-5-15(29)7-16(30)6-13)25(38)18(8-33)23(24(31)32)35-17-3-1-14(2-4-17)26(39)40/h5-10,14,17,24H,1-4,11-12,33H2,(H,39,40). The van der Waals surface area contributed by atoms with Crippen molar-refractivity contribution in [3.05, 3.63) is 75.2 Å². The van der Waals surface area contributed by atoms with E-state index in [0.29, 0.717) is 12.3 Å². The largest absolute Gasteiger partial charge is 0.481 e. The number of pyridine rings is 1. The first-order chi connectivity index (χ1) is 18.9. The SMILES string of the molecule is NC=C(C(=O)N(CC(=O)c1c(Cl)cncc1Cl)Cc1cc(F)cc(F)c1)C(=NC1CCC(C(=O)O)CC1)C(F)F. The van der Waals surface area contributed by atoms with Gasteiger partial charge < -0.3 is 15.7 Å². The molecule has 8 nitrogen and oxygen atoms in total. The van der Waals surface area contributed by atoms with Gasteiger partial charge in [-0.2, -0.15) is 0 Å². The average molecular weight is 603 g/mol. The fourth-order valence-corrected chi connectivity index (χ4v) is 4.96. The van der Waals surface area contributed by atoms with E-state index in [0.717, 1.165) is 29.4 Å². The minimum Gasteiger partial charge on any atom is -0.481 e. The number of hydrogen-bond donors (Lipinski definition) is 2. The van der Waals surface area contributed by atoms with Crippen molar-refractivity contribution in [2.75, 3.05) is 6.54 Å². The zero-order chi connectivity index (χ0) is 29.6. The van der Waals surface area contributed by atoms with Crippen molar-refractivity contribution in [2.45, 2.75) is 44.7 Å². The Labute approximate surface area is 236 Å². The van der Waals surface area contributed by atoms with Crippen LogP contribution in [0.3, 0.4) is 0 Å². The molecule has 0 bridgehead atoms. The number of nitrogens with two attached hydrogens (primary N) is 1. The van der Waals surface area contributed by atoms with Gasteiger partial charge in [-0.15, -0.1) is 0 Å². The maximum atomic E-state index is 14.2. The number of benzene rings is 1. The first kappa shape index (κ1) is 31.0. The van der Waals surface area contributed by atoms with Gasteiger partial charge in [0.15, 0.2) is 5.78 Å². The lowest BCUT2D eigenvalue weighted by atomic mass is 9.86. The molecule has 1 aromatic heterocycles. The van der Waals surface area contributed by atoms with E-state index in [1.165, 1.54) is 0 Å². The summed E-state index contributed by atoms with van der Waals surface area (Å²) in [6.07, 6.45) is 0.465. The van der Waals surface area contributed by atoms with Crippen LogP contribution in [0.1, 0.15) is 41.6 Å². The predicted molar refractivity (Wildman–Crippen MR) is 139 cm³/mol. The van der Waals surface area contributed by atoms with Crippen molar-refractivity contribution in [3.8, 4) is 0 Å². The number of alkyl halides is 2. The molecule has 214 valence electrons. The Morgan fingerprint density at radius 1 is 1.07 bits per heavy atom. The number of carbonyl (C=O) groups is 3. The van der Waals surface area contributed by atoms with E-state index in [4.69, 9.17) is 28.9 Å². The second-order valence-corrected chi connectivity index (χ2v) is 9.89. The van der Waals surface area contributed by atoms with Crippen LogP contribution in [0.2, 0.25) is 10.0 Å². The maximum absolute atomic E-state index is 14.2. The van der Waals surface area contributed by atoms with Crippen LogP contribution in [0.25, 0.3) is 0 Å². The summed E-state index contributed by atoms with van der Waals surface area (Å²) < 4.78 is 56.1. The number of carboxylic acids is 1. The molecule has 0 spiro atoms. The van der Waals surface area contributed by atoms with Gasteiger partial charge >= 0.3 is 5.97 Å². The Morgan fingerprint density at radius 3 is 2.15 bits per heavy atom. The molecule has 40 heavy (non-hydrogen) atoms.